The maximum atomic E-state index is 6.71. The normalized spacial score (nSPS) is 9.07. The van der Waals surface area contributed by atoms with E-state index < -0.39 is 0 Å². The molecule has 0 radical (unpaired) electrons. The van der Waals surface area contributed by atoms with Crippen LogP contribution in [0.25, 0.3) is 0 Å². The Morgan fingerprint density at radius 1 is 0.929 bits per heavy atom. The standard InChI is InChI=1S/C10H12N4S.C8H10N2S.C2H6/c11-6-7-13-14-10(15)12-8-9-4-2-1-3-5-9;9-8(11)10-6-7-4-2-1-3-5-7;1-2/h1-7,11H,8H2,(H2,12,14,15);1-5H,6H2,(H3,9,10,11);1-2H3/b11-6?,13-7+;;. The molecule has 0 fully saturated rings. The topological polar surface area (TPSA) is 98.3 Å². The van der Waals surface area contributed by atoms with E-state index in [9.17, 15) is 0 Å². The van der Waals surface area contributed by atoms with Crippen molar-refractivity contribution in [2.24, 2.45) is 10.8 Å². The molecular formula is C20H28N6S2. The van der Waals surface area contributed by atoms with Gasteiger partial charge in [-0.25, -0.2) is 0 Å². The van der Waals surface area contributed by atoms with Crippen LogP contribution in [-0.2, 0) is 13.1 Å². The van der Waals surface area contributed by atoms with Gasteiger partial charge >= 0.3 is 0 Å². The van der Waals surface area contributed by atoms with Gasteiger partial charge in [0.1, 0.15) is 0 Å². The van der Waals surface area contributed by atoms with Gasteiger partial charge in [0.25, 0.3) is 0 Å². The molecule has 28 heavy (non-hydrogen) atoms. The molecule has 0 aliphatic rings. The molecule has 0 heterocycles. The van der Waals surface area contributed by atoms with E-state index in [1.165, 1.54) is 11.8 Å². The van der Waals surface area contributed by atoms with Gasteiger partial charge < -0.3 is 21.8 Å². The largest absolute Gasteiger partial charge is 0.376 e. The smallest absolute Gasteiger partial charge is 0.187 e. The van der Waals surface area contributed by atoms with Crippen molar-refractivity contribution in [2.75, 3.05) is 0 Å². The SMILES string of the molecule is CC.N=C/C=N/NC(=S)NCc1ccccc1.NC(=S)NCc1ccccc1. The molecule has 0 aliphatic carbocycles. The van der Waals surface area contributed by atoms with Crippen molar-refractivity contribution in [3.63, 3.8) is 0 Å². The summed E-state index contributed by atoms with van der Waals surface area (Å²) in [4.78, 5) is 0. The van der Waals surface area contributed by atoms with E-state index >= 15 is 0 Å². The van der Waals surface area contributed by atoms with Gasteiger partial charge in [-0.3, -0.25) is 5.43 Å². The Hall–Kier alpha value is -2.84. The van der Waals surface area contributed by atoms with Gasteiger partial charge in [-0.15, -0.1) is 0 Å². The summed E-state index contributed by atoms with van der Waals surface area (Å²) in [5.41, 5.74) is 10.2. The quantitative estimate of drug-likeness (QED) is 0.281. The fraction of sp³-hybridized carbons (Fsp3) is 0.200. The van der Waals surface area contributed by atoms with E-state index in [-0.39, 0.29) is 0 Å². The van der Waals surface area contributed by atoms with Crippen LogP contribution >= 0.6 is 24.4 Å². The Morgan fingerprint density at radius 3 is 1.82 bits per heavy atom. The fourth-order valence-electron chi connectivity index (χ4n) is 1.74. The average Bonchev–Trinajstić information content (AvgIpc) is 2.74. The summed E-state index contributed by atoms with van der Waals surface area (Å²) in [6.45, 7) is 5.36. The van der Waals surface area contributed by atoms with Crippen LogP contribution in [0.3, 0.4) is 0 Å². The Balaban J connectivity index is 0.000000497. The molecule has 0 aromatic heterocycles. The molecule has 8 heteroatoms. The van der Waals surface area contributed by atoms with Crippen molar-refractivity contribution < 1.29 is 0 Å². The second-order valence-electron chi connectivity index (χ2n) is 4.93. The van der Waals surface area contributed by atoms with E-state index in [1.807, 2.05) is 74.5 Å². The van der Waals surface area contributed by atoms with Gasteiger partial charge in [0.05, 0.1) is 6.21 Å². The second kappa shape index (κ2) is 17.6. The molecule has 0 amide bonds. The highest BCUT2D eigenvalue weighted by Crippen LogP contribution is 1.97. The van der Waals surface area contributed by atoms with E-state index in [4.69, 9.17) is 23.4 Å². The van der Waals surface area contributed by atoms with Crippen molar-refractivity contribution in [1.29, 1.82) is 5.41 Å². The number of rotatable bonds is 6. The van der Waals surface area contributed by atoms with E-state index in [1.54, 1.807) is 0 Å². The summed E-state index contributed by atoms with van der Waals surface area (Å²) in [7, 11) is 0. The molecule has 0 saturated carbocycles. The van der Waals surface area contributed by atoms with Crippen molar-refractivity contribution in [2.45, 2.75) is 26.9 Å². The van der Waals surface area contributed by atoms with Crippen molar-refractivity contribution in [1.82, 2.24) is 16.1 Å². The molecule has 0 aliphatic heterocycles. The third-order valence-electron chi connectivity index (χ3n) is 2.92. The van der Waals surface area contributed by atoms with Crippen LogP contribution in [0.2, 0.25) is 0 Å². The van der Waals surface area contributed by atoms with Crippen molar-refractivity contribution in [3.05, 3.63) is 71.8 Å². The number of hydrogen-bond donors (Lipinski definition) is 5. The maximum Gasteiger partial charge on any atom is 0.187 e. The van der Waals surface area contributed by atoms with Crippen LogP contribution in [0.1, 0.15) is 25.0 Å². The minimum Gasteiger partial charge on any atom is -0.376 e. The molecule has 2 aromatic rings. The first-order valence-corrected chi connectivity index (χ1v) is 9.60. The molecule has 6 nitrogen and oxygen atoms in total. The molecule has 0 bridgehead atoms. The first-order valence-electron chi connectivity index (χ1n) is 8.79. The van der Waals surface area contributed by atoms with Gasteiger partial charge in [-0.05, 0) is 35.6 Å². The highest BCUT2D eigenvalue weighted by molar-refractivity contribution is 7.80. The number of nitrogens with one attached hydrogen (secondary N) is 4. The molecular weight excluding hydrogens is 388 g/mol. The monoisotopic (exact) mass is 416 g/mol. The molecule has 0 saturated heterocycles. The Morgan fingerprint density at radius 2 is 1.39 bits per heavy atom. The van der Waals surface area contributed by atoms with E-state index in [0.717, 1.165) is 11.8 Å². The van der Waals surface area contributed by atoms with Crippen LogP contribution in [0, 0.1) is 5.41 Å². The third kappa shape index (κ3) is 14.3. The maximum absolute atomic E-state index is 6.71. The van der Waals surface area contributed by atoms with Crippen LogP contribution in [0.15, 0.2) is 65.8 Å². The van der Waals surface area contributed by atoms with Crippen molar-refractivity contribution >= 4 is 47.1 Å². The lowest BCUT2D eigenvalue weighted by molar-refractivity contribution is 0.869. The van der Waals surface area contributed by atoms with Crippen molar-refractivity contribution in [3.8, 4) is 0 Å². The number of thiocarbonyl (C=S) groups is 2. The zero-order valence-corrected chi connectivity index (χ0v) is 17.8. The lowest BCUT2D eigenvalue weighted by Crippen LogP contribution is -2.31. The highest BCUT2D eigenvalue weighted by Gasteiger charge is 1.93. The van der Waals surface area contributed by atoms with Gasteiger partial charge in [-0.1, -0.05) is 74.5 Å². The molecule has 2 rings (SSSR count). The number of hydrazone groups is 1. The van der Waals surface area contributed by atoms with Crippen LogP contribution in [0.4, 0.5) is 0 Å². The number of hydrogen-bond acceptors (Lipinski definition) is 4. The fourth-order valence-corrected chi connectivity index (χ4v) is 1.93. The molecule has 0 spiro atoms. The summed E-state index contributed by atoms with van der Waals surface area (Å²) in [5.74, 6) is 0. The molecule has 2 aromatic carbocycles. The average molecular weight is 417 g/mol. The molecule has 0 atom stereocenters. The van der Waals surface area contributed by atoms with Gasteiger partial charge in [-0.2, -0.15) is 5.10 Å². The lowest BCUT2D eigenvalue weighted by Gasteiger charge is -2.06. The van der Waals surface area contributed by atoms with Crippen LogP contribution in [0.5, 0.6) is 0 Å². The zero-order chi connectivity index (χ0) is 21.0. The van der Waals surface area contributed by atoms with Gasteiger partial charge in [0.15, 0.2) is 10.2 Å². The Labute approximate surface area is 178 Å². The van der Waals surface area contributed by atoms with E-state index in [2.05, 4.69) is 33.4 Å². The predicted molar refractivity (Wildman–Crippen MR) is 128 cm³/mol. The summed E-state index contributed by atoms with van der Waals surface area (Å²) in [5, 5.41) is 17.0. The summed E-state index contributed by atoms with van der Waals surface area (Å²) in [6.07, 6.45) is 2.39. The highest BCUT2D eigenvalue weighted by atomic mass is 32.1. The predicted octanol–water partition coefficient (Wildman–Crippen LogP) is 3.33. The molecule has 6 N–H and O–H groups in total. The number of nitrogens with two attached hydrogens (primary N) is 1. The summed E-state index contributed by atoms with van der Waals surface area (Å²) < 4.78 is 0. The minimum absolute atomic E-state index is 0.342. The van der Waals surface area contributed by atoms with Gasteiger partial charge in [0, 0.05) is 19.3 Å². The van der Waals surface area contributed by atoms with Gasteiger partial charge in [0.2, 0.25) is 0 Å². The minimum atomic E-state index is 0.342. The van der Waals surface area contributed by atoms with Crippen LogP contribution in [-0.4, -0.2) is 22.7 Å². The van der Waals surface area contributed by atoms with E-state index in [0.29, 0.717) is 23.3 Å². The number of benzene rings is 2. The lowest BCUT2D eigenvalue weighted by atomic mass is 10.2. The Bertz CT molecular complexity index is 705. The summed E-state index contributed by atoms with van der Waals surface area (Å²) in [6, 6.07) is 19.9. The zero-order valence-electron chi connectivity index (χ0n) is 16.2. The van der Waals surface area contributed by atoms with Crippen LogP contribution < -0.4 is 21.8 Å². The molecule has 0 unspecified atom stereocenters. The first-order chi connectivity index (χ1) is 13.6. The third-order valence-corrected chi connectivity index (χ3v) is 3.30. The molecule has 150 valence electrons. The Kier molecular flexibility index (Phi) is 15.8. The first kappa shape index (κ1) is 25.2. The second-order valence-corrected chi connectivity index (χ2v) is 5.78. The number of nitrogens with zero attached hydrogens (tertiary/aromatic N) is 1. The summed E-state index contributed by atoms with van der Waals surface area (Å²) >= 11 is 9.62.